The van der Waals surface area contributed by atoms with Crippen LogP contribution in [0, 0.1) is 0 Å². The van der Waals surface area contributed by atoms with Crippen LogP contribution in [0.1, 0.15) is 0 Å². The predicted molar refractivity (Wildman–Crippen MR) is 280 cm³/mol. The van der Waals surface area contributed by atoms with E-state index in [0.717, 1.165) is 66.6 Å². The van der Waals surface area contributed by atoms with Crippen molar-refractivity contribution in [1.29, 1.82) is 0 Å². The van der Waals surface area contributed by atoms with E-state index in [1.807, 2.05) is 12.1 Å². The first kappa shape index (κ1) is 37.8. The molecule has 1 aromatic heterocycles. The molecule has 0 amide bonds. The molecule has 0 aliphatic heterocycles. The minimum absolute atomic E-state index is 0.888. The Balaban J connectivity index is 0.979. The number of furan rings is 1. The molecule has 12 aromatic carbocycles. The van der Waals surface area contributed by atoms with Gasteiger partial charge in [0.15, 0.2) is 0 Å². The highest BCUT2D eigenvalue weighted by Gasteiger charge is 2.21. The molecule has 0 N–H and O–H groups in total. The maximum Gasteiger partial charge on any atom is 0.136 e. The van der Waals surface area contributed by atoms with Crippen molar-refractivity contribution in [3.63, 3.8) is 0 Å². The summed E-state index contributed by atoms with van der Waals surface area (Å²) in [5.41, 5.74) is 14.4. The molecule has 0 atom stereocenters. The fourth-order valence-electron chi connectivity index (χ4n) is 10.2. The lowest BCUT2D eigenvalue weighted by Crippen LogP contribution is -2.11. The SMILES string of the molecule is c1ccc(-c2cc(-c3cccc4ccccc34)ccc2N(c2cccc(-c3ccc(-c4cc5ccccc5c5ccccc45)cc3)c2)c2ccc3cc4c(cc3c2)oc2ccccc24)cc1. The molecule has 0 saturated carbocycles. The minimum Gasteiger partial charge on any atom is -0.456 e. The van der Waals surface area contributed by atoms with E-state index in [9.17, 15) is 0 Å². The third-order valence-corrected chi connectivity index (χ3v) is 13.4. The van der Waals surface area contributed by atoms with E-state index < -0.39 is 0 Å². The van der Waals surface area contributed by atoms with Crippen molar-refractivity contribution in [3.8, 4) is 44.5 Å². The summed E-state index contributed by atoms with van der Waals surface area (Å²) in [6.45, 7) is 0. The third kappa shape index (κ3) is 6.42. The number of fused-ring (bicyclic) bond motifs is 8. The quantitative estimate of drug-likeness (QED) is 0.149. The van der Waals surface area contributed by atoms with E-state index in [1.165, 1.54) is 60.0 Å². The van der Waals surface area contributed by atoms with E-state index in [1.54, 1.807) is 0 Å². The topological polar surface area (TPSA) is 16.4 Å². The Morgan fingerprint density at radius 2 is 0.879 bits per heavy atom. The van der Waals surface area contributed by atoms with Gasteiger partial charge in [0, 0.05) is 27.7 Å². The highest BCUT2D eigenvalue weighted by Crippen LogP contribution is 2.46. The zero-order valence-corrected chi connectivity index (χ0v) is 36.0. The molecule has 13 rings (SSSR count). The van der Waals surface area contributed by atoms with Gasteiger partial charge in [-0.1, -0.05) is 188 Å². The Morgan fingerprint density at radius 3 is 1.74 bits per heavy atom. The fraction of sp³-hybridized carbons (Fsp3) is 0. The van der Waals surface area contributed by atoms with Gasteiger partial charge in [-0.2, -0.15) is 0 Å². The average molecular weight is 840 g/mol. The van der Waals surface area contributed by atoms with Gasteiger partial charge in [-0.25, -0.2) is 0 Å². The van der Waals surface area contributed by atoms with Crippen LogP contribution in [0.5, 0.6) is 0 Å². The van der Waals surface area contributed by atoms with Gasteiger partial charge >= 0.3 is 0 Å². The molecule has 2 heteroatoms. The minimum atomic E-state index is 0.888. The van der Waals surface area contributed by atoms with Crippen LogP contribution in [-0.4, -0.2) is 0 Å². The first-order chi connectivity index (χ1) is 32.7. The summed E-state index contributed by atoms with van der Waals surface area (Å²) in [7, 11) is 0. The molecule has 0 aliphatic carbocycles. The van der Waals surface area contributed by atoms with Gasteiger partial charge in [0.05, 0.1) is 5.69 Å². The van der Waals surface area contributed by atoms with E-state index in [0.29, 0.717) is 0 Å². The summed E-state index contributed by atoms with van der Waals surface area (Å²) in [5.74, 6) is 0. The average Bonchev–Trinajstić information content (AvgIpc) is 3.75. The largest absolute Gasteiger partial charge is 0.456 e. The van der Waals surface area contributed by atoms with Crippen LogP contribution >= 0.6 is 0 Å². The number of rotatable bonds is 7. The van der Waals surface area contributed by atoms with Crippen molar-refractivity contribution in [3.05, 3.63) is 249 Å². The van der Waals surface area contributed by atoms with E-state index in [-0.39, 0.29) is 0 Å². The smallest absolute Gasteiger partial charge is 0.136 e. The van der Waals surface area contributed by atoms with Crippen LogP contribution in [0.3, 0.4) is 0 Å². The number of benzene rings is 12. The number of hydrogen-bond donors (Lipinski definition) is 0. The molecular weight excluding hydrogens is 799 g/mol. The van der Waals surface area contributed by atoms with Crippen LogP contribution in [0.4, 0.5) is 17.1 Å². The number of para-hydroxylation sites is 1. The lowest BCUT2D eigenvalue weighted by molar-refractivity contribution is 0.669. The number of anilines is 3. The summed E-state index contributed by atoms with van der Waals surface area (Å²) in [4.78, 5) is 2.43. The van der Waals surface area contributed by atoms with Gasteiger partial charge in [-0.05, 0) is 143 Å². The lowest BCUT2D eigenvalue weighted by atomic mass is 9.92. The molecule has 66 heavy (non-hydrogen) atoms. The van der Waals surface area contributed by atoms with Gasteiger partial charge in [0.2, 0.25) is 0 Å². The summed E-state index contributed by atoms with van der Waals surface area (Å²) >= 11 is 0. The van der Waals surface area contributed by atoms with Crippen molar-refractivity contribution in [2.24, 2.45) is 0 Å². The summed E-state index contributed by atoms with van der Waals surface area (Å²) < 4.78 is 6.42. The molecule has 0 unspecified atom stereocenters. The van der Waals surface area contributed by atoms with Crippen molar-refractivity contribution >= 4 is 82.1 Å². The molecule has 1 heterocycles. The Kier molecular flexibility index (Phi) is 8.89. The highest BCUT2D eigenvalue weighted by molar-refractivity contribution is 6.14. The lowest BCUT2D eigenvalue weighted by Gasteiger charge is -2.29. The highest BCUT2D eigenvalue weighted by atomic mass is 16.3. The molecule has 0 radical (unpaired) electrons. The second kappa shape index (κ2) is 15.5. The number of hydrogen-bond acceptors (Lipinski definition) is 2. The van der Waals surface area contributed by atoms with Crippen LogP contribution < -0.4 is 4.90 Å². The summed E-state index contributed by atoms with van der Waals surface area (Å²) in [6, 6.07) is 90.5. The monoisotopic (exact) mass is 839 g/mol. The van der Waals surface area contributed by atoms with Gasteiger partial charge < -0.3 is 9.32 Å². The Hall–Kier alpha value is -8.72. The zero-order valence-electron chi connectivity index (χ0n) is 36.0. The van der Waals surface area contributed by atoms with Crippen LogP contribution in [0.15, 0.2) is 253 Å². The van der Waals surface area contributed by atoms with Gasteiger partial charge in [0.25, 0.3) is 0 Å². The molecule has 0 saturated heterocycles. The maximum atomic E-state index is 6.42. The molecule has 13 aromatic rings. The molecule has 0 aliphatic rings. The van der Waals surface area contributed by atoms with Crippen LogP contribution in [0.25, 0.3) is 110 Å². The van der Waals surface area contributed by atoms with Gasteiger partial charge in [0.1, 0.15) is 11.2 Å². The summed E-state index contributed by atoms with van der Waals surface area (Å²) in [5, 5.41) is 12.1. The van der Waals surface area contributed by atoms with Crippen molar-refractivity contribution < 1.29 is 4.42 Å². The predicted octanol–water partition coefficient (Wildman–Crippen LogP) is 18.3. The maximum absolute atomic E-state index is 6.42. The second-order valence-electron chi connectivity index (χ2n) is 17.3. The first-order valence-electron chi connectivity index (χ1n) is 22.6. The Bertz CT molecular complexity index is 3990. The Morgan fingerprint density at radius 1 is 0.242 bits per heavy atom. The third-order valence-electron chi connectivity index (χ3n) is 13.4. The Labute approximate surface area is 382 Å². The van der Waals surface area contributed by atoms with Gasteiger partial charge in [-0.15, -0.1) is 0 Å². The molecular formula is C64H41NO. The van der Waals surface area contributed by atoms with Crippen LogP contribution in [0.2, 0.25) is 0 Å². The van der Waals surface area contributed by atoms with Gasteiger partial charge in [-0.3, -0.25) is 0 Å². The molecule has 0 spiro atoms. The fourth-order valence-corrected chi connectivity index (χ4v) is 10.2. The standard InChI is InChI=1S/C64H41NO/c1-2-14-44(15-3-1)60-40-49(54-26-13-18-43-16-4-6-21-53(43)54)33-35-62(60)65(52-34-32-47-38-61-58-25-10-11-27-63(58)66-64(61)41-50(47)37-52)51-20-12-19-46(36-51)42-28-30-45(31-29-42)59-39-48-17-5-7-22-55(48)56-23-8-9-24-57(56)59/h1-41H. The van der Waals surface area contributed by atoms with Crippen LogP contribution in [-0.2, 0) is 0 Å². The van der Waals surface area contributed by atoms with E-state index >= 15 is 0 Å². The molecule has 308 valence electrons. The normalized spacial score (nSPS) is 11.6. The molecule has 0 bridgehead atoms. The van der Waals surface area contributed by atoms with Crippen molar-refractivity contribution in [1.82, 2.24) is 0 Å². The zero-order chi connectivity index (χ0) is 43.6. The summed E-state index contributed by atoms with van der Waals surface area (Å²) in [6.07, 6.45) is 0. The van der Waals surface area contributed by atoms with E-state index in [2.05, 4.69) is 241 Å². The number of nitrogens with zero attached hydrogens (tertiary/aromatic N) is 1. The molecule has 0 fully saturated rings. The first-order valence-corrected chi connectivity index (χ1v) is 22.6. The van der Waals surface area contributed by atoms with Crippen molar-refractivity contribution in [2.45, 2.75) is 0 Å². The van der Waals surface area contributed by atoms with E-state index in [4.69, 9.17) is 4.42 Å². The molecule has 2 nitrogen and oxygen atoms in total. The van der Waals surface area contributed by atoms with Crippen molar-refractivity contribution in [2.75, 3.05) is 4.90 Å². The second-order valence-corrected chi connectivity index (χ2v) is 17.3.